The summed E-state index contributed by atoms with van der Waals surface area (Å²) < 4.78 is 94.3. The fraction of sp³-hybridized carbons (Fsp3) is 0.125. The van der Waals surface area contributed by atoms with E-state index in [-0.39, 0.29) is 5.69 Å². The molecule has 2 aromatic carbocycles. The van der Waals surface area contributed by atoms with E-state index < -0.39 is 46.8 Å². The summed E-state index contributed by atoms with van der Waals surface area (Å²) in [6, 6.07) is 8.09. The summed E-state index contributed by atoms with van der Waals surface area (Å²) in [5, 5.41) is 16.0. The Hall–Kier alpha value is -2.95. The summed E-state index contributed by atoms with van der Waals surface area (Å²) in [6.07, 6.45) is -8.34. The molecule has 1 atom stereocenters. The van der Waals surface area contributed by atoms with Gasteiger partial charge in [-0.05, 0) is 0 Å². The monoisotopic (exact) mass is 391 g/mol. The smallest absolute Gasteiger partial charge is 0.379 e. The molecule has 1 aromatic heterocycles. The molecule has 0 bridgehead atoms. The van der Waals surface area contributed by atoms with Crippen LogP contribution in [0.25, 0.3) is 16.9 Å². The van der Waals surface area contributed by atoms with E-state index in [0.717, 1.165) is 6.20 Å². The van der Waals surface area contributed by atoms with E-state index in [4.69, 9.17) is 5.11 Å². The molecule has 142 valence electrons. The Morgan fingerprint density at radius 1 is 0.889 bits per heavy atom. The van der Waals surface area contributed by atoms with Gasteiger partial charge in [-0.15, -0.1) is 5.10 Å². The SMILES string of the molecule is OC(c1c(F)c(F)c(-n2cc(-c3ccccc3)nn2)c(F)c1F)C(F)(F)F. The highest BCUT2D eigenvalue weighted by molar-refractivity contribution is 5.58. The number of aliphatic hydroxyl groups excluding tert-OH is 1. The van der Waals surface area contributed by atoms with E-state index in [2.05, 4.69) is 10.3 Å². The number of aromatic nitrogens is 3. The average molecular weight is 391 g/mol. The third-order valence-corrected chi connectivity index (χ3v) is 3.65. The Labute approximate surface area is 146 Å². The first-order valence-corrected chi connectivity index (χ1v) is 7.21. The van der Waals surface area contributed by atoms with Crippen molar-refractivity contribution in [2.24, 2.45) is 0 Å². The van der Waals surface area contributed by atoms with E-state index in [1.165, 1.54) is 0 Å². The van der Waals surface area contributed by atoms with Gasteiger partial charge in [0.05, 0.1) is 11.8 Å². The van der Waals surface area contributed by atoms with Crippen LogP contribution < -0.4 is 0 Å². The number of alkyl halides is 3. The first-order chi connectivity index (χ1) is 12.6. The number of hydrogen-bond donors (Lipinski definition) is 1. The zero-order chi connectivity index (χ0) is 19.9. The molecule has 3 aromatic rings. The van der Waals surface area contributed by atoms with Crippen molar-refractivity contribution in [1.82, 2.24) is 15.0 Å². The summed E-state index contributed by atoms with van der Waals surface area (Å²) in [5.41, 5.74) is -3.02. The van der Waals surface area contributed by atoms with Crippen molar-refractivity contribution in [2.45, 2.75) is 12.3 Å². The van der Waals surface area contributed by atoms with Crippen LogP contribution in [-0.2, 0) is 0 Å². The first kappa shape index (κ1) is 18.8. The molecule has 1 N–H and O–H groups in total. The number of aliphatic hydroxyl groups is 1. The second kappa shape index (κ2) is 6.65. The van der Waals surface area contributed by atoms with Crippen LogP contribution in [0.4, 0.5) is 30.7 Å². The number of benzene rings is 2. The lowest BCUT2D eigenvalue weighted by Gasteiger charge is -2.18. The maximum atomic E-state index is 14.2. The highest BCUT2D eigenvalue weighted by Gasteiger charge is 2.45. The van der Waals surface area contributed by atoms with Gasteiger partial charge in [0.25, 0.3) is 0 Å². The van der Waals surface area contributed by atoms with Crippen LogP contribution in [-0.4, -0.2) is 26.3 Å². The molecule has 3 rings (SSSR count). The maximum Gasteiger partial charge on any atom is 0.418 e. The molecular formula is C16H8F7N3O. The van der Waals surface area contributed by atoms with Crippen LogP contribution in [0.3, 0.4) is 0 Å². The molecule has 1 unspecified atom stereocenters. The van der Waals surface area contributed by atoms with Gasteiger partial charge in [-0.2, -0.15) is 13.2 Å². The number of rotatable bonds is 3. The van der Waals surface area contributed by atoms with Crippen LogP contribution in [0, 0.1) is 23.3 Å². The molecule has 27 heavy (non-hydrogen) atoms. The maximum absolute atomic E-state index is 14.2. The first-order valence-electron chi connectivity index (χ1n) is 7.21. The highest BCUT2D eigenvalue weighted by atomic mass is 19.4. The molecule has 0 radical (unpaired) electrons. The average Bonchev–Trinajstić information content (AvgIpc) is 3.10. The molecule has 4 nitrogen and oxygen atoms in total. The Balaban J connectivity index is 2.15. The lowest BCUT2D eigenvalue weighted by Crippen LogP contribution is -2.24. The molecule has 0 fully saturated rings. The van der Waals surface area contributed by atoms with Gasteiger partial charge in [0.2, 0.25) is 0 Å². The molecule has 0 spiro atoms. The molecule has 0 amide bonds. The molecule has 0 aliphatic carbocycles. The second-order valence-electron chi connectivity index (χ2n) is 5.38. The minimum atomic E-state index is -5.53. The van der Waals surface area contributed by atoms with Crippen molar-refractivity contribution >= 4 is 0 Å². The fourth-order valence-corrected chi connectivity index (χ4v) is 2.36. The Morgan fingerprint density at radius 3 is 1.96 bits per heavy atom. The summed E-state index contributed by atoms with van der Waals surface area (Å²) in [6.45, 7) is 0. The lowest BCUT2D eigenvalue weighted by atomic mass is 10.1. The molecule has 0 aliphatic rings. The zero-order valence-electron chi connectivity index (χ0n) is 13.0. The molecule has 0 aliphatic heterocycles. The highest BCUT2D eigenvalue weighted by Crippen LogP contribution is 2.38. The molecule has 11 heteroatoms. The predicted octanol–water partition coefficient (Wildman–Crippen LogP) is 4.09. The van der Waals surface area contributed by atoms with Gasteiger partial charge in [-0.3, -0.25) is 0 Å². The standard InChI is InChI=1S/C16H8F7N3O/c17-10-9(15(27)16(21,22)23)11(18)13(20)14(12(10)19)26-6-8(24-25-26)7-4-2-1-3-5-7/h1-6,15,27H. The van der Waals surface area contributed by atoms with Crippen molar-refractivity contribution in [3.8, 4) is 16.9 Å². The van der Waals surface area contributed by atoms with Gasteiger partial charge in [0.1, 0.15) is 11.4 Å². The predicted molar refractivity (Wildman–Crippen MR) is 77.6 cm³/mol. The Morgan fingerprint density at radius 2 is 1.44 bits per heavy atom. The van der Waals surface area contributed by atoms with Crippen LogP contribution >= 0.6 is 0 Å². The molecule has 0 saturated heterocycles. The van der Waals surface area contributed by atoms with Gasteiger partial charge in [-0.25, -0.2) is 22.2 Å². The number of nitrogens with zero attached hydrogens (tertiary/aromatic N) is 3. The third-order valence-electron chi connectivity index (χ3n) is 3.65. The second-order valence-corrected chi connectivity index (χ2v) is 5.38. The van der Waals surface area contributed by atoms with Crippen LogP contribution in [0.5, 0.6) is 0 Å². The summed E-state index contributed by atoms with van der Waals surface area (Å²) in [4.78, 5) is 0. The van der Waals surface area contributed by atoms with Gasteiger partial charge >= 0.3 is 6.18 Å². The van der Waals surface area contributed by atoms with Gasteiger partial charge in [0, 0.05) is 5.56 Å². The Kier molecular flexibility index (Phi) is 4.64. The third kappa shape index (κ3) is 3.25. The van der Waals surface area contributed by atoms with Crippen LogP contribution in [0.15, 0.2) is 36.5 Å². The van der Waals surface area contributed by atoms with E-state index in [1.54, 1.807) is 30.3 Å². The van der Waals surface area contributed by atoms with Crippen molar-refractivity contribution in [2.75, 3.05) is 0 Å². The fourth-order valence-electron chi connectivity index (χ4n) is 2.36. The summed E-state index contributed by atoms with van der Waals surface area (Å²) >= 11 is 0. The zero-order valence-corrected chi connectivity index (χ0v) is 13.0. The van der Waals surface area contributed by atoms with Crippen molar-refractivity contribution < 1.29 is 35.8 Å². The van der Waals surface area contributed by atoms with Crippen molar-refractivity contribution in [3.63, 3.8) is 0 Å². The van der Waals surface area contributed by atoms with Gasteiger partial charge < -0.3 is 5.11 Å². The topological polar surface area (TPSA) is 50.9 Å². The van der Waals surface area contributed by atoms with E-state index >= 15 is 0 Å². The van der Waals surface area contributed by atoms with E-state index in [9.17, 15) is 30.7 Å². The van der Waals surface area contributed by atoms with Crippen molar-refractivity contribution in [1.29, 1.82) is 0 Å². The number of hydrogen-bond acceptors (Lipinski definition) is 3. The number of halogens is 7. The quantitative estimate of drug-likeness (QED) is 0.541. The normalized spacial score (nSPS) is 13.0. The Bertz CT molecular complexity index is 957. The molecule has 1 heterocycles. The largest absolute Gasteiger partial charge is 0.418 e. The van der Waals surface area contributed by atoms with Crippen LogP contribution in [0.2, 0.25) is 0 Å². The minimum Gasteiger partial charge on any atom is -0.379 e. The molecule has 0 saturated carbocycles. The summed E-state index contributed by atoms with van der Waals surface area (Å²) in [5.74, 6) is -9.08. The summed E-state index contributed by atoms with van der Waals surface area (Å²) in [7, 11) is 0. The minimum absolute atomic E-state index is 0.0922. The van der Waals surface area contributed by atoms with Gasteiger partial charge in [0.15, 0.2) is 29.4 Å². The van der Waals surface area contributed by atoms with Crippen LogP contribution in [0.1, 0.15) is 11.7 Å². The van der Waals surface area contributed by atoms with E-state index in [0.29, 0.717) is 10.2 Å². The lowest BCUT2D eigenvalue weighted by molar-refractivity contribution is -0.208. The van der Waals surface area contributed by atoms with E-state index in [1.807, 2.05) is 0 Å². The molecular weight excluding hydrogens is 383 g/mol. The van der Waals surface area contributed by atoms with Crippen molar-refractivity contribution in [3.05, 3.63) is 65.4 Å². The van der Waals surface area contributed by atoms with Gasteiger partial charge in [-0.1, -0.05) is 35.5 Å².